The average molecular weight is 309 g/mol. The normalized spacial score (nSPS) is 14.0. The highest BCUT2D eigenvalue weighted by molar-refractivity contribution is 6.71. The van der Waals surface area contributed by atoms with Gasteiger partial charge in [-0.15, -0.1) is 12.6 Å². The van der Waals surface area contributed by atoms with Gasteiger partial charge in [0.2, 0.25) is 5.91 Å². The van der Waals surface area contributed by atoms with Crippen LogP contribution in [-0.2, 0) is 4.79 Å². The number of benzene rings is 1. The van der Waals surface area contributed by atoms with Crippen LogP contribution in [0.25, 0.3) is 0 Å². The summed E-state index contributed by atoms with van der Waals surface area (Å²) in [6, 6.07) is 6.22. The third-order valence-corrected chi connectivity index (χ3v) is 3.65. The number of hydrogen-bond acceptors (Lipinski definition) is 4. The summed E-state index contributed by atoms with van der Waals surface area (Å²) in [6.45, 7) is 4.63. The molecule has 0 saturated carbocycles. The summed E-state index contributed by atoms with van der Waals surface area (Å²) < 4.78 is 0. The summed E-state index contributed by atoms with van der Waals surface area (Å²) >= 11 is 0. The zero-order valence-corrected chi connectivity index (χ0v) is 12.8. The van der Waals surface area contributed by atoms with Gasteiger partial charge >= 0.3 is 0 Å². The lowest BCUT2D eigenvalue weighted by atomic mass is 9.48. The Balaban J connectivity index is 1.97. The molecule has 1 heterocycles. The number of nitrogens with zero attached hydrogens (tertiary/aromatic N) is 2. The Kier molecular flexibility index (Phi) is 4.96. The van der Waals surface area contributed by atoms with Crippen molar-refractivity contribution in [1.82, 2.24) is 10.2 Å². The Morgan fingerprint density at radius 3 is 2.43 bits per heavy atom. The van der Waals surface area contributed by atoms with Crippen LogP contribution < -0.4 is 5.32 Å². The van der Waals surface area contributed by atoms with Gasteiger partial charge < -0.3 is 5.32 Å². The molecule has 2 rings (SSSR count). The predicted octanol–water partition coefficient (Wildman–Crippen LogP) is 1.07. The lowest BCUT2D eigenvalue weighted by Gasteiger charge is -2.17. The highest BCUT2D eigenvalue weighted by Gasteiger charge is 2.36. The average Bonchev–Trinajstić information content (AvgIpc) is 2.78. The van der Waals surface area contributed by atoms with Crippen LogP contribution >= 0.6 is 0 Å². The summed E-state index contributed by atoms with van der Waals surface area (Å²) in [5, 5.41) is 11.6. The number of fused-ring (bicyclic) bond motifs is 1. The lowest BCUT2D eigenvalue weighted by Crippen LogP contribution is -2.44. The minimum Gasteiger partial charge on any atom is -0.353 e. The molecule has 0 saturated heterocycles. The molecule has 1 atom stereocenters. The molecule has 1 aromatic carbocycles. The van der Waals surface area contributed by atoms with E-state index in [2.05, 4.69) is 17.9 Å². The van der Waals surface area contributed by atoms with Crippen LogP contribution in [0.2, 0.25) is 6.32 Å². The molecular weight excluding hydrogens is 293 g/mol. The number of nitriles is 1. The maximum absolute atomic E-state index is 12.2. The predicted molar refractivity (Wildman–Crippen MR) is 85.8 cm³/mol. The first-order chi connectivity index (χ1) is 11.0. The van der Waals surface area contributed by atoms with E-state index in [1.54, 1.807) is 31.2 Å². The van der Waals surface area contributed by atoms with Gasteiger partial charge in [0.1, 0.15) is 6.54 Å². The van der Waals surface area contributed by atoms with Gasteiger partial charge in [0.25, 0.3) is 18.5 Å². The monoisotopic (exact) mass is 309 g/mol. The first-order valence-corrected chi connectivity index (χ1v) is 7.24. The summed E-state index contributed by atoms with van der Waals surface area (Å²) in [4.78, 5) is 37.3. The Hall–Kier alpha value is -2.88. The molecule has 0 bridgehead atoms. The summed E-state index contributed by atoms with van der Waals surface area (Å²) in [7, 11) is 0. The molecule has 1 N–H and O–H groups in total. The molecule has 1 aromatic rings. The zero-order valence-electron chi connectivity index (χ0n) is 12.8. The van der Waals surface area contributed by atoms with Gasteiger partial charge in [-0.2, -0.15) is 0 Å². The SMILES string of the molecule is C=CB(C#N)CC(C)NC(=O)CN1C(=O)c2ccccc2C1=O. The molecule has 116 valence electrons. The quantitative estimate of drug-likeness (QED) is 0.628. The molecule has 0 spiro atoms. The second-order valence-corrected chi connectivity index (χ2v) is 5.42. The van der Waals surface area contributed by atoms with Gasteiger partial charge in [-0.1, -0.05) is 12.1 Å². The van der Waals surface area contributed by atoms with E-state index in [1.807, 2.05) is 0 Å². The molecule has 0 radical (unpaired) electrons. The van der Waals surface area contributed by atoms with Crippen molar-refractivity contribution in [1.29, 1.82) is 5.26 Å². The standard InChI is InChI=1S/C16H16BN3O3/c1-3-17(10-18)8-11(2)19-14(21)9-20-15(22)12-6-4-5-7-13(12)16(20)23/h3-7,11H,1,8-9H2,2H3,(H,19,21). The fourth-order valence-corrected chi connectivity index (χ4v) is 2.49. The van der Waals surface area contributed by atoms with Crippen LogP contribution in [0.5, 0.6) is 0 Å². The van der Waals surface area contributed by atoms with Gasteiger partial charge in [-0.05, 0) is 25.4 Å². The molecule has 1 unspecified atom stereocenters. The maximum atomic E-state index is 12.2. The van der Waals surface area contributed by atoms with Crippen LogP contribution in [0.4, 0.5) is 0 Å². The molecule has 6 nitrogen and oxygen atoms in total. The topological polar surface area (TPSA) is 90.3 Å². The number of hydrogen-bond donors (Lipinski definition) is 1. The van der Waals surface area contributed by atoms with Crippen LogP contribution in [0.3, 0.4) is 0 Å². The van der Waals surface area contributed by atoms with E-state index < -0.39 is 17.7 Å². The molecule has 23 heavy (non-hydrogen) atoms. The summed E-state index contributed by atoms with van der Waals surface area (Å²) in [5.74, 6) is 2.22. The number of imide groups is 1. The minimum absolute atomic E-state index is 0.264. The molecule has 3 amide bonds. The fraction of sp³-hybridized carbons (Fsp3) is 0.250. The van der Waals surface area contributed by atoms with Gasteiger partial charge in [0, 0.05) is 12.0 Å². The van der Waals surface area contributed by atoms with Crippen LogP contribution in [-0.4, -0.2) is 41.9 Å². The molecule has 1 aliphatic rings. The number of carbonyl (C=O) groups is 3. The Labute approximate surface area is 134 Å². The van der Waals surface area contributed by atoms with E-state index in [0.29, 0.717) is 17.4 Å². The van der Waals surface area contributed by atoms with E-state index in [-0.39, 0.29) is 19.3 Å². The highest BCUT2D eigenvalue weighted by atomic mass is 16.2. The third kappa shape index (κ3) is 3.48. The highest BCUT2D eigenvalue weighted by Crippen LogP contribution is 2.21. The zero-order chi connectivity index (χ0) is 17.0. The smallest absolute Gasteiger partial charge is 0.294 e. The van der Waals surface area contributed by atoms with Crippen molar-refractivity contribution < 1.29 is 14.4 Å². The lowest BCUT2D eigenvalue weighted by molar-refractivity contribution is -0.121. The Morgan fingerprint density at radius 2 is 1.96 bits per heavy atom. The van der Waals surface area contributed by atoms with Crippen LogP contribution in [0.15, 0.2) is 36.8 Å². The van der Waals surface area contributed by atoms with Crippen molar-refractivity contribution in [2.45, 2.75) is 19.3 Å². The van der Waals surface area contributed by atoms with Gasteiger partial charge in [-0.25, -0.2) is 5.26 Å². The van der Waals surface area contributed by atoms with Crippen molar-refractivity contribution in [3.8, 4) is 5.97 Å². The number of rotatable bonds is 6. The summed E-state index contributed by atoms with van der Waals surface area (Å²) in [5.41, 5.74) is 0.629. The van der Waals surface area contributed by atoms with Crippen molar-refractivity contribution >= 4 is 24.4 Å². The van der Waals surface area contributed by atoms with Gasteiger partial charge in [-0.3, -0.25) is 19.3 Å². The molecule has 0 aliphatic carbocycles. The van der Waals surface area contributed by atoms with Crippen molar-refractivity contribution in [2.24, 2.45) is 0 Å². The second-order valence-electron chi connectivity index (χ2n) is 5.42. The first kappa shape index (κ1) is 16.5. The Morgan fingerprint density at radius 1 is 1.39 bits per heavy atom. The molecule has 1 aliphatic heterocycles. The number of carbonyl (C=O) groups excluding carboxylic acids is 3. The number of nitrogens with one attached hydrogen (secondary N) is 1. The largest absolute Gasteiger partial charge is 0.353 e. The summed E-state index contributed by atoms with van der Waals surface area (Å²) in [6.07, 6.45) is 0.424. The number of amides is 3. The van der Waals surface area contributed by atoms with Crippen molar-refractivity contribution in [3.63, 3.8) is 0 Å². The fourth-order valence-electron chi connectivity index (χ4n) is 2.49. The molecule has 0 fully saturated rings. The van der Waals surface area contributed by atoms with Crippen LogP contribution in [0, 0.1) is 11.2 Å². The maximum Gasteiger partial charge on any atom is 0.294 e. The Bertz CT molecular complexity index is 676. The van der Waals surface area contributed by atoms with E-state index in [0.717, 1.165) is 4.90 Å². The molecule has 7 heteroatoms. The van der Waals surface area contributed by atoms with Crippen molar-refractivity contribution in [2.75, 3.05) is 6.54 Å². The van der Waals surface area contributed by atoms with E-state index in [1.165, 1.54) is 5.98 Å². The molecule has 0 aromatic heterocycles. The van der Waals surface area contributed by atoms with E-state index in [9.17, 15) is 14.4 Å². The van der Waals surface area contributed by atoms with E-state index >= 15 is 0 Å². The first-order valence-electron chi connectivity index (χ1n) is 7.24. The van der Waals surface area contributed by atoms with Gasteiger partial charge in [0.05, 0.1) is 11.1 Å². The van der Waals surface area contributed by atoms with Crippen molar-refractivity contribution in [3.05, 3.63) is 47.9 Å². The minimum atomic E-state index is -0.464. The van der Waals surface area contributed by atoms with Gasteiger partial charge in [0.15, 0.2) is 0 Å². The van der Waals surface area contributed by atoms with Crippen LogP contribution in [0.1, 0.15) is 27.6 Å². The third-order valence-electron chi connectivity index (χ3n) is 3.65. The molecular formula is C16H16BN3O3. The van der Waals surface area contributed by atoms with E-state index in [4.69, 9.17) is 5.26 Å². The second kappa shape index (κ2) is 6.92.